The van der Waals surface area contributed by atoms with Gasteiger partial charge in [0.05, 0.1) is 30.9 Å². The third-order valence-corrected chi connectivity index (χ3v) is 5.22. The van der Waals surface area contributed by atoms with Gasteiger partial charge in [0.1, 0.15) is 0 Å². The lowest BCUT2D eigenvalue weighted by molar-refractivity contribution is 0.122. The maximum Gasteiger partial charge on any atom is 0.330 e. The second kappa shape index (κ2) is 9.63. The van der Waals surface area contributed by atoms with Gasteiger partial charge in [-0.25, -0.2) is 9.36 Å². The molecular formula is C23H28N4O3. The number of morpholine rings is 1. The highest BCUT2D eigenvalue weighted by molar-refractivity contribution is 5.92. The molecule has 158 valence electrons. The van der Waals surface area contributed by atoms with Gasteiger partial charge in [0.15, 0.2) is 0 Å². The summed E-state index contributed by atoms with van der Waals surface area (Å²) in [6.07, 6.45) is 1.79. The van der Waals surface area contributed by atoms with Gasteiger partial charge < -0.3 is 19.7 Å². The second-order valence-corrected chi connectivity index (χ2v) is 7.26. The summed E-state index contributed by atoms with van der Waals surface area (Å²) in [5, 5.41) is 3.02. The number of rotatable bonds is 7. The summed E-state index contributed by atoms with van der Waals surface area (Å²) in [5.74, 6) is 0. The molecule has 1 aliphatic heterocycles. The van der Waals surface area contributed by atoms with E-state index in [1.807, 2.05) is 43.3 Å². The van der Waals surface area contributed by atoms with Crippen LogP contribution in [0.3, 0.4) is 0 Å². The Morgan fingerprint density at radius 1 is 1.17 bits per heavy atom. The lowest BCUT2D eigenvalue weighted by Gasteiger charge is -2.28. The van der Waals surface area contributed by atoms with E-state index >= 15 is 0 Å². The summed E-state index contributed by atoms with van der Waals surface area (Å²) in [5.41, 5.74) is 3.83. The molecule has 0 spiro atoms. The van der Waals surface area contributed by atoms with Crippen LogP contribution < -0.4 is 15.0 Å². The molecule has 1 aromatic heterocycles. The molecule has 0 aliphatic carbocycles. The van der Waals surface area contributed by atoms with E-state index in [4.69, 9.17) is 9.47 Å². The van der Waals surface area contributed by atoms with Crippen LogP contribution in [0.15, 0.2) is 48.5 Å². The van der Waals surface area contributed by atoms with Crippen LogP contribution in [0.2, 0.25) is 0 Å². The van der Waals surface area contributed by atoms with E-state index in [2.05, 4.69) is 27.3 Å². The molecule has 1 amide bonds. The number of fused-ring (bicyclic) bond motifs is 1. The summed E-state index contributed by atoms with van der Waals surface area (Å²) in [6.45, 7) is 6.02. The smallest absolute Gasteiger partial charge is 0.330 e. The minimum absolute atomic E-state index is 0.215. The Balaban J connectivity index is 1.50. The molecule has 0 radical (unpaired) electrons. The minimum Gasteiger partial charge on any atom is -0.465 e. The number of nitrogens with one attached hydrogen (secondary N) is 1. The number of imidazole rings is 1. The third kappa shape index (κ3) is 4.57. The van der Waals surface area contributed by atoms with Crippen molar-refractivity contribution in [3.05, 3.63) is 54.1 Å². The third-order valence-electron chi connectivity index (χ3n) is 5.22. The average molecular weight is 409 g/mol. The second-order valence-electron chi connectivity index (χ2n) is 7.26. The Morgan fingerprint density at radius 2 is 1.97 bits per heavy atom. The first-order valence-corrected chi connectivity index (χ1v) is 10.6. The van der Waals surface area contributed by atoms with Crippen molar-refractivity contribution < 1.29 is 14.3 Å². The number of ether oxygens (including phenoxy) is 2. The van der Waals surface area contributed by atoms with Crippen molar-refractivity contribution in [1.82, 2.24) is 14.9 Å². The van der Waals surface area contributed by atoms with Gasteiger partial charge in [0.2, 0.25) is 0 Å². The lowest BCUT2D eigenvalue weighted by atomic mass is 10.1. The zero-order valence-electron chi connectivity index (χ0n) is 17.3. The van der Waals surface area contributed by atoms with E-state index in [0.717, 1.165) is 42.7 Å². The molecule has 3 aromatic rings. The predicted octanol–water partition coefficient (Wildman–Crippen LogP) is 3.46. The van der Waals surface area contributed by atoms with Crippen LogP contribution in [0.5, 0.6) is 6.01 Å². The first kappa shape index (κ1) is 20.2. The molecule has 1 saturated heterocycles. The number of hydrogen-bond acceptors (Lipinski definition) is 5. The van der Waals surface area contributed by atoms with Gasteiger partial charge in [-0.2, -0.15) is 4.98 Å². The number of hydrogen-bond donors (Lipinski definition) is 1. The van der Waals surface area contributed by atoms with Crippen LogP contribution in [0, 0.1) is 0 Å². The number of carbonyl (C=O) groups is 1. The largest absolute Gasteiger partial charge is 0.465 e. The molecule has 0 unspecified atom stereocenters. The van der Waals surface area contributed by atoms with E-state index in [-0.39, 0.29) is 6.03 Å². The molecule has 0 atom stereocenters. The number of benzene rings is 2. The molecule has 2 aromatic carbocycles. The molecule has 30 heavy (non-hydrogen) atoms. The van der Waals surface area contributed by atoms with Crippen LogP contribution >= 0.6 is 0 Å². The Kier molecular flexibility index (Phi) is 6.49. The number of anilines is 1. The van der Waals surface area contributed by atoms with Gasteiger partial charge in [0, 0.05) is 25.3 Å². The van der Waals surface area contributed by atoms with Crippen LogP contribution in [0.1, 0.15) is 18.9 Å². The van der Waals surface area contributed by atoms with E-state index < -0.39 is 0 Å². The standard InChI is InChI=1S/C23H28N4O3/c1-2-30-23-25-20-11-10-19(26-13-15-29-16-14-26)17-21(20)27(23)22(28)24-12-6-9-18-7-4-3-5-8-18/h3-5,7-8,10-11,17H,2,6,9,12-16H2,1H3,(H,24,28). The molecule has 1 fully saturated rings. The Labute approximate surface area is 176 Å². The van der Waals surface area contributed by atoms with Gasteiger partial charge in [-0.05, 0) is 43.5 Å². The summed E-state index contributed by atoms with van der Waals surface area (Å²) in [6, 6.07) is 16.4. The first-order valence-electron chi connectivity index (χ1n) is 10.6. The van der Waals surface area contributed by atoms with E-state index in [1.54, 1.807) is 4.57 Å². The SMILES string of the molecule is CCOc1nc2ccc(N3CCOCC3)cc2n1C(=O)NCCCc1ccccc1. The van der Waals surface area contributed by atoms with Crippen molar-refractivity contribution in [3.8, 4) is 6.01 Å². The number of nitrogens with zero attached hydrogens (tertiary/aromatic N) is 3. The summed E-state index contributed by atoms with van der Waals surface area (Å²) in [4.78, 5) is 19.8. The van der Waals surface area contributed by atoms with Crippen molar-refractivity contribution in [2.24, 2.45) is 0 Å². The predicted molar refractivity (Wildman–Crippen MR) is 117 cm³/mol. The summed E-state index contributed by atoms with van der Waals surface area (Å²) in [7, 11) is 0. The molecule has 7 heteroatoms. The van der Waals surface area contributed by atoms with E-state index in [9.17, 15) is 4.79 Å². The van der Waals surface area contributed by atoms with Crippen molar-refractivity contribution >= 4 is 22.8 Å². The van der Waals surface area contributed by atoms with Crippen LogP contribution in [-0.4, -0.2) is 55.0 Å². The van der Waals surface area contributed by atoms with Crippen molar-refractivity contribution in [1.29, 1.82) is 0 Å². The Morgan fingerprint density at radius 3 is 2.73 bits per heavy atom. The van der Waals surface area contributed by atoms with Crippen LogP contribution in [-0.2, 0) is 11.2 Å². The van der Waals surface area contributed by atoms with E-state index in [0.29, 0.717) is 32.4 Å². The zero-order valence-corrected chi connectivity index (χ0v) is 17.3. The fourth-order valence-electron chi connectivity index (χ4n) is 3.69. The lowest BCUT2D eigenvalue weighted by Crippen LogP contribution is -2.36. The quantitative estimate of drug-likeness (QED) is 0.607. The van der Waals surface area contributed by atoms with Crippen LogP contribution in [0.4, 0.5) is 10.5 Å². The highest BCUT2D eigenvalue weighted by atomic mass is 16.5. The van der Waals surface area contributed by atoms with E-state index in [1.165, 1.54) is 5.56 Å². The number of aryl methyl sites for hydroxylation is 1. The molecular weight excluding hydrogens is 380 g/mol. The molecule has 0 bridgehead atoms. The molecule has 7 nitrogen and oxygen atoms in total. The molecule has 4 rings (SSSR count). The maximum absolute atomic E-state index is 13.0. The number of amides is 1. The van der Waals surface area contributed by atoms with Crippen LogP contribution in [0.25, 0.3) is 11.0 Å². The van der Waals surface area contributed by atoms with Gasteiger partial charge in [-0.15, -0.1) is 0 Å². The highest BCUT2D eigenvalue weighted by Crippen LogP contribution is 2.26. The minimum atomic E-state index is -0.215. The maximum atomic E-state index is 13.0. The topological polar surface area (TPSA) is 68.6 Å². The number of aromatic nitrogens is 2. The summed E-state index contributed by atoms with van der Waals surface area (Å²) < 4.78 is 12.7. The fraction of sp³-hybridized carbons (Fsp3) is 0.391. The zero-order chi connectivity index (χ0) is 20.8. The Bertz CT molecular complexity index is 981. The molecule has 1 aliphatic rings. The summed E-state index contributed by atoms with van der Waals surface area (Å²) >= 11 is 0. The highest BCUT2D eigenvalue weighted by Gasteiger charge is 2.20. The molecule has 1 N–H and O–H groups in total. The number of carbonyl (C=O) groups excluding carboxylic acids is 1. The Hall–Kier alpha value is -3.06. The van der Waals surface area contributed by atoms with Crippen molar-refractivity contribution in [2.75, 3.05) is 44.4 Å². The van der Waals surface area contributed by atoms with Gasteiger partial charge >= 0.3 is 12.0 Å². The van der Waals surface area contributed by atoms with Gasteiger partial charge in [-0.3, -0.25) is 0 Å². The normalized spacial score (nSPS) is 14.1. The van der Waals surface area contributed by atoms with Crippen molar-refractivity contribution in [2.45, 2.75) is 19.8 Å². The fourth-order valence-corrected chi connectivity index (χ4v) is 3.69. The molecule has 2 heterocycles. The average Bonchev–Trinajstić information content (AvgIpc) is 3.15. The molecule has 0 saturated carbocycles. The first-order chi connectivity index (χ1) is 14.8. The van der Waals surface area contributed by atoms with Gasteiger partial charge in [-0.1, -0.05) is 30.3 Å². The van der Waals surface area contributed by atoms with Crippen molar-refractivity contribution in [3.63, 3.8) is 0 Å². The monoisotopic (exact) mass is 408 g/mol. The van der Waals surface area contributed by atoms with Gasteiger partial charge in [0.25, 0.3) is 0 Å².